The van der Waals surface area contributed by atoms with E-state index in [1.807, 2.05) is 37.3 Å². The van der Waals surface area contributed by atoms with Gasteiger partial charge in [-0.3, -0.25) is 19.2 Å². The molecule has 1 aromatic carbocycles. The van der Waals surface area contributed by atoms with Crippen molar-refractivity contribution >= 4 is 29.7 Å². The number of carbonyl (C=O) groups is 5. The van der Waals surface area contributed by atoms with Crippen molar-refractivity contribution in [3.05, 3.63) is 35.9 Å². The molecular formula is C25H38N4O7. The average molecular weight is 507 g/mol. The van der Waals surface area contributed by atoms with Crippen molar-refractivity contribution in [1.82, 2.24) is 16.0 Å². The Labute approximate surface area is 211 Å². The third-order valence-corrected chi connectivity index (χ3v) is 5.76. The van der Waals surface area contributed by atoms with Gasteiger partial charge >= 0.3 is 11.9 Å². The molecule has 1 aromatic rings. The van der Waals surface area contributed by atoms with Crippen LogP contribution in [0.2, 0.25) is 0 Å². The minimum absolute atomic E-state index is 0.0518. The first-order chi connectivity index (χ1) is 16.8. The quantitative estimate of drug-likeness (QED) is 0.200. The van der Waals surface area contributed by atoms with Gasteiger partial charge in [0.1, 0.15) is 18.1 Å². The zero-order valence-corrected chi connectivity index (χ0v) is 21.2. The predicted octanol–water partition coefficient (Wildman–Crippen LogP) is 0.662. The highest BCUT2D eigenvalue weighted by Crippen LogP contribution is 2.11. The molecule has 1 rings (SSSR count). The van der Waals surface area contributed by atoms with Crippen molar-refractivity contribution in [1.29, 1.82) is 0 Å². The highest BCUT2D eigenvalue weighted by molar-refractivity contribution is 5.95. The molecular weight excluding hydrogens is 468 g/mol. The largest absolute Gasteiger partial charge is 0.481 e. The zero-order chi connectivity index (χ0) is 27.4. The van der Waals surface area contributed by atoms with E-state index in [1.54, 1.807) is 20.8 Å². The first-order valence-electron chi connectivity index (χ1n) is 12.0. The number of nitrogens with two attached hydrogens (primary N) is 1. The summed E-state index contributed by atoms with van der Waals surface area (Å²) in [6, 6.07) is 4.32. The Morgan fingerprint density at radius 3 is 1.94 bits per heavy atom. The fourth-order valence-electron chi connectivity index (χ4n) is 3.53. The maximum absolute atomic E-state index is 13.1. The molecule has 3 amide bonds. The number of carbonyl (C=O) groups excluding carboxylic acids is 3. The standard InChI is InChI=1S/C25H38N4O7/c1-5-15(4)21(29-22(32)17(26)12-16-9-7-6-8-10-16)24(34)27-18(13-20(30)31)23(33)28-19(25(35)36)11-14(2)3/h6-10,14-15,17-19,21H,5,11-13,26H2,1-4H3,(H,27,34)(H,28,33)(H,29,32)(H,30,31)(H,35,36). The maximum atomic E-state index is 13.1. The summed E-state index contributed by atoms with van der Waals surface area (Å²) in [5.74, 6) is -5.31. The van der Waals surface area contributed by atoms with Crippen molar-refractivity contribution in [2.24, 2.45) is 17.6 Å². The number of benzene rings is 1. The molecule has 0 saturated heterocycles. The molecule has 11 nitrogen and oxygen atoms in total. The second-order valence-electron chi connectivity index (χ2n) is 9.36. The van der Waals surface area contributed by atoms with Gasteiger partial charge in [-0.1, -0.05) is 64.4 Å². The van der Waals surface area contributed by atoms with E-state index in [0.717, 1.165) is 5.56 Å². The van der Waals surface area contributed by atoms with E-state index in [2.05, 4.69) is 16.0 Å². The van der Waals surface area contributed by atoms with Crippen molar-refractivity contribution in [3.63, 3.8) is 0 Å². The molecule has 0 aromatic heterocycles. The summed E-state index contributed by atoms with van der Waals surface area (Å²) in [5.41, 5.74) is 6.88. The number of carboxylic acid groups (broad SMARTS) is 2. The lowest BCUT2D eigenvalue weighted by atomic mass is 9.96. The molecule has 0 bridgehead atoms. The van der Waals surface area contributed by atoms with Gasteiger partial charge in [0.05, 0.1) is 12.5 Å². The van der Waals surface area contributed by atoms with Gasteiger partial charge in [-0.15, -0.1) is 0 Å². The summed E-state index contributed by atoms with van der Waals surface area (Å²) in [6.45, 7) is 7.09. The summed E-state index contributed by atoms with van der Waals surface area (Å²) in [5, 5.41) is 25.9. The second kappa shape index (κ2) is 14.8. The molecule has 0 aliphatic carbocycles. The summed E-state index contributed by atoms with van der Waals surface area (Å²) >= 11 is 0. The molecule has 5 atom stereocenters. The van der Waals surface area contributed by atoms with Crippen molar-refractivity contribution < 1.29 is 34.2 Å². The zero-order valence-electron chi connectivity index (χ0n) is 21.2. The number of hydrogen-bond acceptors (Lipinski definition) is 6. The third kappa shape index (κ3) is 10.4. The fraction of sp³-hybridized carbons (Fsp3) is 0.560. The van der Waals surface area contributed by atoms with Crippen molar-refractivity contribution in [2.75, 3.05) is 0 Å². The molecule has 5 unspecified atom stereocenters. The van der Waals surface area contributed by atoms with Crippen LogP contribution in [0.25, 0.3) is 0 Å². The first-order valence-corrected chi connectivity index (χ1v) is 12.0. The molecule has 0 saturated carbocycles. The number of amides is 3. The minimum atomic E-state index is -1.54. The predicted molar refractivity (Wildman–Crippen MR) is 133 cm³/mol. The maximum Gasteiger partial charge on any atom is 0.326 e. The van der Waals surface area contributed by atoms with Gasteiger partial charge in [-0.2, -0.15) is 0 Å². The van der Waals surface area contributed by atoms with Gasteiger partial charge in [0.25, 0.3) is 0 Å². The first kappa shape index (κ1) is 30.6. The van der Waals surface area contributed by atoms with Gasteiger partial charge in [0, 0.05) is 0 Å². The van der Waals surface area contributed by atoms with Crippen LogP contribution in [0.15, 0.2) is 30.3 Å². The molecule has 7 N–H and O–H groups in total. The number of carboxylic acids is 2. The van der Waals surface area contributed by atoms with Crippen molar-refractivity contribution in [2.45, 2.75) is 77.5 Å². The molecule has 0 heterocycles. The molecule has 11 heteroatoms. The van der Waals surface area contributed by atoms with Crippen LogP contribution >= 0.6 is 0 Å². The molecule has 0 aliphatic rings. The van der Waals surface area contributed by atoms with Crippen LogP contribution in [0, 0.1) is 11.8 Å². The van der Waals surface area contributed by atoms with E-state index in [-0.39, 0.29) is 24.7 Å². The van der Waals surface area contributed by atoms with Crippen molar-refractivity contribution in [3.8, 4) is 0 Å². The third-order valence-electron chi connectivity index (χ3n) is 5.76. The SMILES string of the molecule is CCC(C)C(NC(=O)C(N)Cc1ccccc1)C(=O)NC(CC(=O)O)C(=O)NC(CC(C)C)C(=O)O. The highest BCUT2D eigenvalue weighted by atomic mass is 16.4. The van der Waals surface area contributed by atoms with Gasteiger partial charge < -0.3 is 31.9 Å². The van der Waals surface area contributed by atoms with E-state index >= 15 is 0 Å². The normalized spacial score (nSPS) is 15.2. The summed E-state index contributed by atoms with van der Waals surface area (Å²) in [6.07, 6.45) is 0.107. The Balaban J connectivity index is 2.99. The molecule has 0 fully saturated rings. The van der Waals surface area contributed by atoms with E-state index in [0.29, 0.717) is 6.42 Å². The molecule has 36 heavy (non-hydrogen) atoms. The van der Waals surface area contributed by atoms with Crippen LogP contribution in [0.1, 0.15) is 52.5 Å². The monoisotopic (exact) mass is 506 g/mol. The Kier molecular flexibility index (Phi) is 12.6. The van der Waals surface area contributed by atoms with E-state index < -0.39 is 60.2 Å². The Bertz CT molecular complexity index is 907. The van der Waals surface area contributed by atoms with E-state index in [4.69, 9.17) is 5.73 Å². The number of rotatable bonds is 15. The highest BCUT2D eigenvalue weighted by Gasteiger charge is 2.33. The van der Waals surface area contributed by atoms with Gasteiger partial charge in [0.2, 0.25) is 17.7 Å². The van der Waals surface area contributed by atoms with Crippen LogP contribution < -0.4 is 21.7 Å². The van der Waals surface area contributed by atoms with E-state index in [1.165, 1.54) is 0 Å². The molecule has 200 valence electrons. The van der Waals surface area contributed by atoms with Gasteiger partial charge in [0.15, 0.2) is 0 Å². The summed E-state index contributed by atoms with van der Waals surface area (Å²) in [4.78, 5) is 61.5. The lowest BCUT2D eigenvalue weighted by molar-refractivity contribution is -0.144. The number of aliphatic carboxylic acids is 2. The molecule has 0 spiro atoms. The Morgan fingerprint density at radius 2 is 1.44 bits per heavy atom. The Hall–Kier alpha value is -3.47. The number of hydrogen-bond donors (Lipinski definition) is 6. The second-order valence-corrected chi connectivity index (χ2v) is 9.36. The minimum Gasteiger partial charge on any atom is -0.481 e. The fourth-order valence-corrected chi connectivity index (χ4v) is 3.53. The summed E-state index contributed by atoms with van der Waals surface area (Å²) < 4.78 is 0. The molecule has 0 aliphatic heterocycles. The van der Waals surface area contributed by atoms with Crippen LogP contribution in [-0.2, 0) is 30.4 Å². The summed E-state index contributed by atoms with van der Waals surface area (Å²) in [7, 11) is 0. The van der Waals surface area contributed by atoms with Crippen LogP contribution in [0.3, 0.4) is 0 Å². The average Bonchev–Trinajstić information content (AvgIpc) is 2.80. The molecule has 0 radical (unpaired) electrons. The van der Waals surface area contributed by atoms with Gasteiger partial charge in [-0.05, 0) is 30.2 Å². The van der Waals surface area contributed by atoms with Crippen LogP contribution in [0.4, 0.5) is 0 Å². The Morgan fingerprint density at radius 1 is 0.861 bits per heavy atom. The van der Waals surface area contributed by atoms with E-state index in [9.17, 15) is 34.2 Å². The lowest BCUT2D eigenvalue weighted by Gasteiger charge is -2.27. The smallest absolute Gasteiger partial charge is 0.326 e. The number of nitrogens with one attached hydrogen (secondary N) is 3. The van der Waals surface area contributed by atoms with Gasteiger partial charge in [-0.25, -0.2) is 4.79 Å². The van der Waals surface area contributed by atoms with Crippen LogP contribution in [0.5, 0.6) is 0 Å². The lowest BCUT2D eigenvalue weighted by Crippen LogP contribution is -2.59. The topological polar surface area (TPSA) is 188 Å². The van der Waals surface area contributed by atoms with Crippen LogP contribution in [-0.4, -0.2) is 64.0 Å².